The van der Waals surface area contributed by atoms with E-state index in [0.29, 0.717) is 31.2 Å². The van der Waals surface area contributed by atoms with E-state index in [1.54, 1.807) is 0 Å². The van der Waals surface area contributed by atoms with Gasteiger partial charge in [-0.15, -0.1) is 0 Å². The van der Waals surface area contributed by atoms with E-state index >= 15 is 4.39 Å². The van der Waals surface area contributed by atoms with Gasteiger partial charge < -0.3 is 20.4 Å². The minimum atomic E-state index is -0.906. The van der Waals surface area contributed by atoms with Gasteiger partial charge in [-0.25, -0.2) is 13.8 Å². The van der Waals surface area contributed by atoms with Crippen LogP contribution < -0.4 is 11.3 Å². The number of rotatable bonds is 5. The largest absolute Gasteiger partial charge is 0.383 e. The maximum atomic E-state index is 15.2. The number of anilines is 1. The second-order valence-corrected chi connectivity index (χ2v) is 10.1. The van der Waals surface area contributed by atoms with Crippen molar-refractivity contribution in [2.24, 2.45) is 0 Å². The first-order valence-electron chi connectivity index (χ1n) is 12.5. The average Bonchev–Trinajstić information content (AvgIpc) is 2.87. The van der Waals surface area contributed by atoms with E-state index in [9.17, 15) is 13.6 Å². The van der Waals surface area contributed by atoms with Crippen molar-refractivity contribution in [2.45, 2.75) is 32.2 Å². The van der Waals surface area contributed by atoms with Crippen LogP contribution in [0.1, 0.15) is 35.6 Å². The van der Waals surface area contributed by atoms with Crippen LogP contribution >= 0.6 is 0 Å². The van der Waals surface area contributed by atoms with Crippen molar-refractivity contribution >= 4 is 16.6 Å². The minimum absolute atomic E-state index is 0.0111. The van der Waals surface area contributed by atoms with Gasteiger partial charge in [-0.3, -0.25) is 4.79 Å². The van der Waals surface area contributed by atoms with Crippen LogP contribution in [0.5, 0.6) is 0 Å². The average molecular weight is 523 g/mol. The summed E-state index contributed by atoms with van der Waals surface area (Å²) in [6, 6.07) is 9.77. The number of aromatic nitrogens is 2. The molecule has 0 bridgehead atoms. The highest BCUT2D eigenvalue weighted by molar-refractivity contribution is 5.90. The number of benzene rings is 2. The van der Waals surface area contributed by atoms with Crippen molar-refractivity contribution in [2.75, 3.05) is 33.0 Å². The fraction of sp³-hybridized carbons (Fsp3) is 0.310. The molecular formula is C29H29F3N4O2. The lowest BCUT2D eigenvalue weighted by molar-refractivity contribution is 0.0850. The zero-order valence-electron chi connectivity index (χ0n) is 21.5. The van der Waals surface area contributed by atoms with Crippen LogP contribution in [-0.2, 0) is 11.3 Å². The molecule has 0 spiro atoms. The van der Waals surface area contributed by atoms with Gasteiger partial charge in [-0.1, -0.05) is 12.1 Å². The van der Waals surface area contributed by atoms with Crippen molar-refractivity contribution < 1.29 is 17.9 Å². The van der Waals surface area contributed by atoms with Crippen LogP contribution in [0.2, 0.25) is 0 Å². The molecule has 1 aliphatic heterocycles. The summed E-state index contributed by atoms with van der Waals surface area (Å²) in [7, 11) is 3.95. The zero-order chi connectivity index (χ0) is 27.1. The number of aromatic amines is 1. The summed E-state index contributed by atoms with van der Waals surface area (Å²) >= 11 is 0. The molecular weight excluding hydrogens is 493 g/mol. The Morgan fingerprint density at radius 3 is 2.50 bits per heavy atom. The van der Waals surface area contributed by atoms with Crippen molar-refractivity contribution in [3.63, 3.8) is 0 Å². The molecule has 3 N–H and O–H groups in total. The zero-order valence-corrected chi connectivity index (χ0v) is 21.5. The van der Waals surface area contributed by atoms with Gasteiger partial charge in [0.2, 0.25) is 5.95 Å². The van der Waals surface area contributed by atoms with Gasteiger partial charge in [0, 0.05) is 36.3 Å². The third kappa shape index (κ3) is 4.79. The number of halogens is 3. The first-order valence-corrected chi connectivity index (χ1v) is 12.5. The van der Waals surface area contributed by atoms with Gasteiger partial charge in [0.1, 0.15) is 17.5 Å². The fourth-order valence-corrected chi connectivity index (χ4v) is 5.25. The highest BCUT2D eigenvalue weighted by Gasteiger charge is 2.22. The topological polar surface area (TPSA) is 84.2 Å². The van der Waals surface area contributed by atoms with Crippen LogP contribution in [0.15, 0.2) is 41.2 Å². The summed E-state index contributed by atoms with van der Waals surface area (Å²) in [6.45, 7) is 3.48. The molecule has 0 amide bonds. The molecule has 38 heavy (non-hydrogen) atoms. The summed E-state index contributed by atoms with van der Waals surface area (Å²) in [5, 5.41) is -0.566. The molecule has 0 radical (unpaired) electrons. The number of aryl methyl sites for hydroxylation is 1. The molecule has 0 saturated carbocycles. The predicted molar refractivity (Wildman–Crippen MR) is 142 cm³/mol. The van der Waals surface area contributed by atoms with E-state index in [0.717, 1.165) is 24.5 Å². The van der Waals surface area contributed by atoms with E-state index in [4.69, 9.17) is 10.5 Å². The van der Waals surface area contributed by atoms with Crippen LogP contribution in [0.4, 0.5) is 19.0 Å². The van der Waals surface area contributed by atoms with Crippen molar-refractivity contribution in [3.05, 3.63) is 81.2 Å². The maximum Gasteiger partial charge on any atom is 0.259 e. The van der Waals surface area contributed by atoms with Crippen molar-refractivity contribution in [3.8, 4) is 22.3 Å². The first kappa shape index (κ1) is 25.9. The summed E-state index contributed by atoms with van der Waals surface area (Å²) in [6.07, 6.45) is 1.85. The number of fused-ring (bicyclic) bond motifs is 1. The van der Waals surface area contributed by atoms with E-state index < -0.39 is 23.1 Å². The fourth-order valence-electron chi connectivity index (χ4n) is 5.25. The lowest BCUT2D eigenvalue weighted by Gasteiger charge is -2.26. The Balaban J connectivity index is 1.65. The van der Waals surface area contributed by atoms with Gasteiger partial charge in [0.05, 0.1) is 11.1 Å². The number of pyridine rings is 2. The third-order valence-corrected chi connectivity index (χ3v) is 7.10. The van der Waals surface area contributed by atoms with Gasteiger partial charge in [0.25, 0.3) is 5.56 Å². The highest BCUT2D eigenvalue weighted by atomic mass is 19.1. The number of hydrogen-bond donors (Lipinski definition) is 2. The maximum absolute atomic E-state index is 15.2. The van der Waals surface area contributed by atoms with Gasteiger partial charge in [-0.2, -0.15) is 4.39 Å². The van der Waals surface area contributed by atoms with E-state index in [2.05, 4.69) is 14.9 Å². The smallest absolute Gasteiger partial charge is 0.259 e. The van der Waals surface area contributed by atoms with Crippen molar-refractivity contribution in [1.29, 1.82) is 0 Å². The van der Waals surface area contributed by atoms with Crippen LogP contribution in [0, 0.1) is 24.5 Å². The standard InChI is InChI=1S/C29H29F3N4O2/c1-15-26(31)23-11-18(12-24(30)25(23)29(37)34-15)22-13-21(27(32)35-28(22)33)17-4-5-20(16-6-8-38-9-7-16)19(10-17)14-36(2)3/h4-5,10-13,16H,6-9,14H2,1-3H3,(H2,33,35)(H,34,37). The quantitative estimate of drug-likeness (QED) is 0.337. The summed E-state index contributed by atoms with van der Waals surface area (Å²) < 4.78 is 50.6. The van der Waals surface area contributed by atoms with E-state index in [1.165, 1.54) is 24.6 Å². The molecule has 2 aromatic carbocycles. The Kier molecular flexibility index (Phi) is 6.98. The number of nitrogen functional groups attached to an aromatic ring is 1. The summed E-state index contributed by atoms with van der Waals surface area (Å²) in [5.74, 6) is -2.22. The van der Waals surface area contributed by atoms with E-state index in [1.807, 2.05) is 32.3 Å². The SMILES string of the molecule is Cc1[nH]c(=O)c2c(F)cc(-c3cc(-c4ccc(C5CCOCC5)c(CN(C)C)c4)c(F)nc3N)cc2c1F. The van der Waals surface area contributed by atoms with Gasteiger partial charge >= 0.3 is 0 Å². The number of nitrogens with one attached hydrogen (secondary N) is 1. The number of nitrogens with zero attached hydrogens (tertiary/aromatic N) is 2. The minimum Gasteiger partial charge on any atom is -0.383 e. The number of ether oxygens (including phenoxy) is 1. The lowest BCUT2D eigenvalue weighted by Crippen LogP contribution is -2.18. The molecule has 2 aromatic heterocycles. The monoisotopic (exact) mass is 522 g/mol. The number of nitrogens with two attached hydrogens (primary N) is 1. The Bertz CT molecular complexity index is 1590. The second-order valence-electron chi connectivity index (χ2n) is 10.1. The lowest BCUT2D eigenvalue weighted by atomic mass is 9.86. The number of hydrogen-bond acceptors (Lipinski definition) is 5. The third-order valence-electron chi connectivity index (χ3n) is 7.10. The molecule has 6 nitrogen and oxygen atoms in total. The van der Waals surface area contributed by atoms with Crippen molar-refractivity contribution in [1.82, 2.24) is 14.9 Å². The summed E-state index contributed by atoms with van der Waals surface area (Å²) in [5.41, 5.74) is 8.82. The highest BCUT2D eigenvalue weighted by Crippen LogP contribution is 2.37. The first-order chi connectivity index (χ1) is 18.1. The van der Waals surface area contributed by atoms with Crippen LogP contribution in [0.3, 0.4) is 0 Å². The molecule has 1 fully saturated rings. The Morgan fingerprint density at radius 1 is 1.05 bits per heavy atom. The molecule has 3 heterocycles. The summed E-state index contributed by atoms with van der Waals surface area (Å²) in [4.78, 5) is 20.5. The van der Waals surface area contributed by atoms with Gasteiger partial charge in [-0.05, 0) is 86.3 Å². The molecule has 9 heteroatoms. The molecule has 5 rings (SSSR count). The van der Waals surface area contributed by atoms with E-state index in [-0.39, 0.29) is 39.0 Å². The number of H-pyrrole nitrogens is 1. The Morgan fingerprint density at radius 2 is 1.79 bits per heavy atom. The molecule has 0 unspecified atom stereocenters. The van der Waals surface area contributed by atoms with Gasteiger partial charge in [0.15, 0.2) is 0 Å². The normalized spacial score (nSPS) is 14.5. The predicted octanol–water partition coefficient (Wildman–Crippen LogP) is 5.52. The molecule has 0 atom stereocenters. The Labute approximate surface area is 218 Å². The molecule has 1 aliphatic rings. The molecule has 4 aromatic rings. The molecule has 0 aliphatic carbocycles. The Hall–Kier alpha value is -3.69. The molecule has 198 valence electrons. The van der Waals surface area contributed by atoms with Crippen LogP contribution in [0.25, 0.3) is 33.0 Å². The molecule has 1 saturated heterocycles. The van der Waals surface area contributed by atoms with Crippen LogP contribution in [-0.4, -0.2) is 42.2 Å². The second kappa shape index (κ2) is 10.2.